The van der Waals surface area contributed by atoms with E-state index >= 15 is 0 Å². The van der Waals surface area contributed by atoms with Crippen LogP contribution in [0.4, 0.5) is 26.3 Å². The molecule has 1 aliphatic rings. The Balaban J connectivity index is 3.14. The molecule has 0 aliphatic carbocycles. The van der Waals surface area contributed by atoms with Crippen molar-refractivity contribution >= 4 is 64.4 Å². The number of nitrogens with zero attached hydrogens (tertiary/aromatic N) is 3. The third kappa shape index (κ3) is 7.95. The van der Waals surface area contributed by atoms with Crippen LogP contribution in [0.15, 0.2) is 13.5 Å². The van der Waals surface area contributed by atoms with E-state index in [9.17, 15) is 26.3 Å². The van der Waals surface area contributed by atoms with Crippen LogP contribution in [0.25, 0.3) is 0 Å². The molecule has 18 heteroatoms. The first kappa shape index (κ1) is 21.4. The first-order valence-corrected chi connectivity index (χ1v) is 13.2. The third-order valence-electron chi connectivity index (χ3n) is 1.44. The van der Waals surface area contributed by atoms with E-state index in [1.165, 1.54) is 0 Å². The summed E-state index contributed by atoms with van der Waals surface area (Å²) in [6.07, 6.45) is -9.58. The fourth-order valence-electron chi connectivity index (χ4n) is 0.869. The molecule has 0 fully saturated rings. The summed E-state index contributed by atoms with van der Waals surface area (Å²) in [6, 6.07) is 0. The van der Waals surface area contributed by atoms with E-state index in [4.69, 9.17) is 45.0 Å². The Kier molecular flexibility index (Phi) is 6.74. The molecule has 132 valence electrons. The first-order chi connectivity index (χ1) is 9.54. The summed E-state index contributed by atoms with van der Waals surface area (Å²) in [7, 11) is 0. The number of rotatable bonds is 4. The highest BCUT2D eigenvalue weighted by Crippen LogP contribution is 2.85. The lowest BCUT2D eigenvalue weighted by Gasteiger charge is -2.24. The molecular formula is C4H4Cl4F6N3O2P3. The number of alkyl halides is 6. The second-order valence-electron chi connectivity index (χ2n) is 3.45. The smallest absolute Gasteiger partial charge is 0.306 e. The summed E-state index contributed by atoms with van der Waals surface area (Å²) in [5, 5.41) is 0. The van der Waals surface area contributed by atoms with E-state index in [0.29, 0.717) is 0 Å². The van der Waals surface area contributed by atoms with Gasteiger partial charge in [-0.25, -0.2) is 0 Å². The molecule has 0 aromatic rings. The largest absolute Gasteiger partial charge is 0.412 e. The molecule has 1 heterocycles. The van der Waals surface area contributed by atoms with E-state index < -0.39 is 45.0 Å². The highest BCUT2D eigenvalue weighted by atomic mass is 35.9. The third-order valence-corrected chi connectivity index (χ3v) is 13.1. The van der Waals surface area contributed by atoms with Crippen LogP contribution < -0.4 is 0 Å². The van der Waals surface area contributed by atoms with Gasteiger partial charge in [0.05, 0.1) is 0 Å². The Hall–Kier alpha value is 1.35. The molecule has 5 nitrogen and oxygen atoms in total. The maximum absolute atomic E-state index is 12.1. The van der Waals surface area contributed by atoms with Crippen LogP contribution in [0.1, 0.15) is 0 Å². The molecule has 0 spiro atoms. The summed E-state index contributed by atoms with van der Waals surface area (Å²) < 4.78 is 91.4. The van der Waals surface area contributed by atoms with Crippen molar-refractivity contribution in [3.8, 4) is 0 Å². The van der Waals surface area contributed by atoms with Crippen LogP contribution in [-0.2, 0) is 9.05 Å². The maximum atomic E-state index is 12.1. The van der Waals surface area contributed by atoms with Gasteiger partial charge >= 0.3 is 25.9 Å². The van der Waals surface area contributed by atoms with Crippen molar-refractivity contribution in [2.45, 2.75) is 12.4 Å². The number of hydrogen-bond donors (Lipinski definition) is 0. The van der Waals surface area contributed by atoms with Gasteiger partial charge in [-0.05, 0) is 45.0 Å². The van der Waals surface area contributed by atoms with Gasteiger partial charge in [-0.2, -0.15) is 39.9 Å². The van der Waals surface area contributed by atoms with E-state index in [1.807, 2.05) is 0 Å². The lowest BCUT2D eigenvalue weighted by molar-refractivity contribution is -0.152. The molecule has 0 aromatic carbocycles. The van der Waals surface area contributed by atoms with Crippen LogP contribution in [0.3, 0.4) is 0 Å². The average molecular weight is 475 g/mol. The molecule has 2 atom stereocenters. The lowest BCUT2D eigenvalue weighted by Crippen LogP contribution is -2.15. The van der Waals surface area contributed by atoms with Crippen molar-refractivity contribution in [3.05, 3.63) is 0 Å². The molecule has 1 rings (SSSR count). The van der Waals surface area contributed by atoms with Gasteiger partial charge in [0.2, 0.25) is 0 Å². The fraction of sp³-hybridized carbons (Fsp3) is 1.00. The van der Waals surface area contributed by atoms with Gasteiger partial charge in [-0.15, -0.1) is 0 Å². The summed E-state index contributed by atoms with van der Waals surface area (Å²) in [4.78, 5) is 0. The van der Waals surface area contributed by atoms with Gasteiger partial charge in [0.1, 0.15) is 0 Å². The Morgan fingerprint density at radius 3 is 1.41 bits per heavy atom. The van der Waals surface area contributed by atoms with Crippen molar-refractivity contribution in [3.63, 3.8) is 0 Å². The van der Waals surface area contributed by atoms with Gasteiger partial charge < -0.3 is 9.05 Å². The molecule has 0 saturated heterocycles. The van der Waals surface area contributed by atoms with Crippen molar-refractivity contribution in [2.75, 3.05) is 13.2 Å². The van der Waals surface area contributed by atoms with Crippen LogP contribution in [0.2, 0.25) is 0 Å². The maximum Gasteiger partial charge on any atom is 0.412 e. The zero-order valence-electron chi connectivity index (χ0n) is 9.69. The molecule has 0 amide bonds. The predicted octanol–water partition coefficient (Wildman–Crippen LogP) is 7.95. The summed E-state index contributed by atoms with van der Waals surface area (Å²) in [6.45, 7) is -12.1. The Labute approximate surface area is 139 Å². The second-order valence-corrected chi connectivity index (χ2v) is 14.9. The number of hydrogen-bond acceptors (Lipinski definition) is 5. The zero-order valence-corrected chi connectivity index (χ0v) is 15.4. The van der Waals surface area contributed by atoms with Crippen LogP contribution in [-0.4, -0.2) is 25.6 Å². The minimum absolute atomic E-state index is 1.87. The standard InChI is InChI=1S/C4H4Cl4F6N3O2P3/c5-20(6)15-21(7,18-1-3(9,10)11)17-22(8,16-20)19-2-4(12,13)14/h1-2H2. The summed E-state index contributed by atoms with van der Waals surface area (Å²) >= 11 is 22.4. The fourth-order valence-corrected chi connectivity index (χ4v) is 15.5. The normalized spacial score (nSPS) is 31.9. The molecule has 0 saturated carbocycles. The van der Waals surface area contributed by atoms with Crippen LogP contribution >= 0.6 is 64.4 Å². The van der Waals surface area contributed by atoms with Crippen molar-refractivity contribution in [2.24, 2.45) is 13.5 Å². The summed E-state index contributed by atoms with van der Waals surface area (Å²) in [5.74, 6) is -3.79. The molecule has 0 N–H and O–H groups in total. The lowest BCUT2D eigenvalue weighted by atomic mass is 10.7. The molecule has 22 heavy (non-hydrogen) atoms. The molecule has 1 aliphatic heterocycles. The Morgan fingerprint density at radius 2 is 1.05 bits per heavy atom. The van der Waals surface area contributed by atoms with Gasteiger partial charge in [0.25, 0.3) is 5.91 Å². The van der Waals surface area contributed by atoms with Gasteiger partial charge in [-0.1, -0.05) is 0 Å². The second kappa shape index (κ2) is 6.93. The van der Waals surface area contributed by atoms with Crippen molar-refractivity contribution in [1.29, 1.82) is 0 Å². The molecule has 2 unspecified atom stereocenters. The van der Waals surface area contributed by atoms with Crippen molar-refractivity contribution < 1.29 is 35.4 Å². The molecule has 0 bridgehead atoms. The van der Waals surface area contributed by atoms with Gasteiger partial charge in [0, 0.05) is 0 Å². The van der Waals surface area contributed by atoms with Gasteiger partial charge in [-0.3, -0.25) is 0 Å². The average Bonchev–Trinajstić information content (AvgIpc) is 2.19. The highest BCUT2D eigenvalue weighted by molar-refractivity contribution is 8.16. The summed E-state index contributed by atoms with van der Waals surface area (Å²) in [5.41, 5.74) is 0. The quantitative estimate of drug-likeness (QED) is 0.306. The van der Waals surface area contributed by atoms with Crippen molar-refractivity contribution in [1.82, 2.24) is 0 Å². The minimum atomic E-state index is -4.79. The SMILES string of the molecule is FC(F)(F)COP1(Cl)=NP(Cl)(Cl)=NP(Cl)(OCC(F)(F)F)=N1. The first-order valence-electron chi connectivity index (χ1n) is 4.66. The molecular weight excluding hydrogens is 471 g/mol. The monoisotopic (exact) mass is 473 g/mol. The topological polar surface area (TPSA) is 55.5 Å². The van der Waals surface area contributed by atoms with Gasteiger partial charge in [0.15, 0.2) is 13.2 Å². The highest BCUT2D eigenvalue weighted by Gasteiger charge is 2.40. The molecule has 0 aromatic heterocycles. The Morgan fingerprint density at radius 1 is 0.682 bits per heavy atom. The minimum Gasteiger partial charge on any atom is -0.306 e. The predicted molar refractivity (Wildman–Crippen MR) is 75.5 cm³/mol. The van der Waals surface area contributed by atoms with E-state index in [-0.39, 0.29) is 0 Å². The number of halogens is 10. The van der Waals surface area contributed by atoms with Crippen LogP contribution in [0, 0.1) is 0 Å². The van der Waals surface area contributed by atoms with E-state index in [0.717, 1.165) is 0 Å². The zero-order chi connectivity index (χ0) is 17.4. The van der Waals surface area contributed by atoms with E-state index in [1.54, 1.807) is 0 Å². The Bertz CT molecular complexity index is 575. The van der Waals surface area contributed by atoms with E-state index in [2.05, 4.69) is 22.6 Å². The molecule has 0 radical (unpaired) electrons. The van der Waals surface area contributed by atoms with Crippen LogP contribution in [0.5, 0.6) is 0 Å².